The van der Waals surface area contributed by atoms with Gasteiger partial charge in [-0.1, -0.05) is 12.1 Å². The van der Waals surface area contributed by atoms with Crippen LogP contribution in [0.4, 0.5) is 13.2 Å². The van der Waals surface area contributed by atoms with Gasteiger partial charge < -0.3 is 14.6 Å². The first kappa shape index (κ1) is 18.8. The van der Waals surface area contributed by atoms with E-state index in [2.05, 4.69) is 10.1 Å². The van der Waals surface area contributed by atoms with Crippen molar-refractivity contribution >= 4 is 0 Å². The summed E-state index contributed by atoms with van der Waals surface area (Å²) in [6.45, 7) is 2.85. The molecular formula is C17H20F3N3O3. The van der Waals surface area contributed by atoms with E-state index >= 15 is 0 Å². The number of alkyl halides is 3. The molecule has 2 aromatic rings. The Morgan fingerprint density at radius 3 is 2.42 bits per heavy atom. The molecule has 1 aliphatic heterocycles. The van der Waals surface area contributed by atoms with Crippen molar-refractivity contribution in [2.45, 2.75) is 31.5 Å². The van der Waals surface area contributed by atoms with Crippen LogP contribution in [0.5, 0.6) is 0 Å². The molecule has 1 aromatic heterocycles. The van der Waals surface area contributed by atoms with Crippen LogP contribution in [0.2, 0.25) is 0 Å². The first-order valence-corrected chi connectivity index (χ1v) is 8.20. The molecule has 0 bridgehead atoms. The zero-order valence-electron chi connectivity index (χ0n) is 14.3. The second-order valence-corrected chi connectivity index (χ2v) is 6.51. The van der Waals surface area contributed by atoms with Crippen molar-refractivity contribution in [2.24, 2.45) is 0 Å². The molecule has 1 fully saturated rings. The SMILES string of the molecule is CC1(n2nc(Cc3ccc(C(F)(F)F)cc3)nc2CCO)COCOC1. The minimum absolute atomic E-state index is 0.0871. The lowest BCUT2D eigenvalue weighted by molar-refractivity contribution is -0.155. The number of rotatable bonds is 5. The Labute approximate surface area is 148 Å². The van der Waals surface area contributed by atoms with E-state index in [-0.39, 0.29) is 13.4 Å². The zero-order chi connectivity index (χ0) is 18.8. The second kappa shape index (κ2) is 7.34. The predicted octanol–water partition coefficient (Wildman–Crippen LogP) is 2.14. The van der Waals surface area contributed by atoms with Crippen LogP contribution < -0.4 is 0 Å². The Morgan fingerprint density at radius 1 is 1.19 bits per heavy atom. The van der Waals surface area contributed by atoms with Crippen LogP contribution >= 0.6 is 0 Å². The normalized spacial score (nSPS) is 17.4. The number of aliphatic hydroxyl groups is 1. The fourth-order valence-electron chi connectivity index (χ4n) is 2.90. The standard InChI is InChI=1S/C17H20F3N3O3/c1-16(9-25-11-26-10-16)23-15(6-7-24)21-14(22-23)8-12-2-4-13(5-3-12)17(18,19)20/h2-5,24H,6-11H2,1H3. The molecular weight excluding hydrogens is 351 g/mol. The van der Waals surface area contributed by atoms with Crippen LogP contribution in [0, 0.1) is 0 Å². The highest BCUT2D eigenvalue weighted by Crippen LogP contribution is 2.29. The molecule has 0 amide bonds. The first-order valence-electron chi connectivity index (χ1n) is 8.20. The number of hydrogen-bond acceptors (Lipinski definition) is 5. The summed E-state index contributed by atoms with van der Waals surface area (Å²) in [6, 6.07) is 4.93. The predicted molar refractivity (Wildman–Crippen MR) is 85.5 cm³/mol. The summed E-state index contributed by atoms with van der Waals surface area (Å²) in [4.78, 5) is 4.45. The van der Waals surface area contributed by atoms with Gasteiger partial charge >= 0.3 is 6.18 Å². The minimum Gasteiger partial charge on any atom is -0.396 e. The van der Waals surface area contributed by atoms with E-state index in [1.165, 1.54) is 12.1 Å². The molecule has 2 heterocycles. The van der Waals surface area contributed by atoms with Crippen LogP contribution in [-0.4, -0.2) is 46.5 Å². The molecule has 3 rings (SSSR count). The third-order valence-corrected chi connectivity index (χ3v) is 4.20. The van der Waals surface area contributed by atoms with Crippen LogP contribution in [0.3, 0.4) is 0 Å². The van der Waals surface area contributed by atoms with Gasteiger partial charge in [0.1, 0.15) is 18.2 Å². The van der Waals surface area contributed by atoms with Crippen LogP contribution in [0.15, 0.2) is 24.3 Å². The van der Waals surface area contributed by atoms with E-state index in [1.807, 2.05) is 6.92 Å². The lowest BCUT2D eigenvalue weighted by Gasteiger charge is -2.34. The number of hydrogen-bond donors (Lipinski definition) is 1. The monoisotopic (exact) mass is 371 g/mol. The van der Waals surface area contributed by atoms with Crippen molar-refractivity contribution < 1.29 is 27.8 Å². The summed E-state index contributed by atoms with van der Waals surface area (Å²) in [6.07, 6.45) is -3.75. The van der Waals surface area contributed by atoms with Gasteiger partial charge in [0.05, 0.1) is 25.4 Å². The van der Waals surface area contributed by atoms with Gasteiger partial charge in [-0.15, -0.1) is 0 Å². The Balaban J connectivity index is 1.83. The number of nitrogens with zero attached hydrogens (tertiary/aromatic N) is 3. The molecule has 0 aliphatic carbocycles. The molecule has 142 valence electrons. The smallest absolute Gasteiger partial charge is 0.396 e. The average molecular weight is 371 g/mol. The van der Waals surface area contributed by atoms with Crippen LogP contribution in [-0.2, 0) is 34.0 Å². The topological polar surface area (TPSA) is 69.4 Å². The van der Waals surface area contributed by atoms with Gasteiger partial charge in [-0.25, -0.2) is 9.67 Å². The van der Waals surface area contributed by atoms with Gasteiger partial charge in [0.25, 0.3) is 0 Å². The maximum atomic E-state index is 12.7. The van der Waals surface area contributed by atoms with E-state index in [1.54, 1.807) is 4.68 Å². The summed E-state index contributed by atoms with van der Waals surface area (Å²) < 4.78 is 50.4. The van der Waals surface area contributed by atoms with E-state index in [9.17, 15) is 18.3 Å². The van der Waals surface area contributed by atoms with Crippen molar-refractivity contribution in [1.82, 2.24) is 14.8 Å². The Morgan fingerprint density at radius 2 is 1.85 bits per heavy atom. The summed E-state index contributed by atoms with van der Waals surface area (Å²) in [7, 11) is 0. The van der Waals surface area contributed by atoms with Gasteiger partial charge in [0, 0.05) is 12.8 Å². The van der Waals surface area contributed by atoms with Crippen LogP contribution in [0.1, 0.15) is 29.7 Å². The van der Waals surface area contributed by atoms with Crippen molar-refractivity contribution in [3.8, 4) is 0 Å². The highest BCUT2D eigenvalue weighted by atomic mass is 19.4. The number of aromatic nitrogens is 3. The summed E-state index contributed by atoms with van der Waals surface area (Å²) in [5.74, 6) is 1.06. The lowest BCUT2D eigenvalue weighted by Crippen LogP contribution is -2.45. The van der Waals surface area contributed by atoms with Crippen molar-refractivity contribution in [2.75, 3.05) is 26.6 Å². The summed E-state index contributed by atoms with van der Waals surface area (Å²) in [5.41, 5.74) is -0.564. The van der Waals surface area contributed by atoms with E-state index < -0.39 is 17.3 Å². The lowest BCUT2D eigenvalue weighted by atomic mass is 10.1. The summed E-state index contributed by atoms with van der Waals surface area (Å²) >= 11 is 0. The van der Waals surface area contributed by atoms with Crippen molar-refractivity contribution in [3.63, 3.8) is 0 Å². The maximum absolute atomic E-state index is 12.7. The van der Waals surface area contributed by atoms with E-state index in [4.69, 9.17) is 9.47 Å². The van der Waals surface area contributed by atoms with Gasteiger partial charge in [-0.3, -0.25) is 0 Å². The molecule has 0 unspecified atom stereocenters. The van der Waals surface area contributed by atoms with E-state index in [0.717, 1.165) is 12.1 Å². The van der Waals surface area contributed by atoms with Gasteiger partial charge in [-0.2, -0.15) is 18.3 Å². The molecule has 1 aromatic carbocycles. The fraction of sp³-hybridized carbons (Fsp3) is 0.529. The van der Waals surface area contributed by atoms with Crippen molar-refractivity contribution in [1.29, 1.82) is 0 Å². The third-order valence-electron chi connectivity index (χ3n) is 4.20. The van der Waals surface area contributed by atoms with Gasteiger partial charge in [-0.05, 0) is 24.6 Å². The van der Waals surface area contributed by atoms with Crippen molar-refractivity contribution in [3.05, 3.63) is 47.0 Å². The maximum Gasteiger partial charge on any atom is 0.416 e. The minimum atomic E-state index is -4.36. The molecule has 26 heavy (non-hydrogen) atoms. The number of aliphatic hydroxyl groups excluding tert-OH is 1. The molecule has 1 aliphatic rings. The average Bonchev–Trinajstić information content (AvgIpc) is 2.99. The van der Waals surface area contributed by atoms with Gasteiger partial charge in [0.2, 0.25) is 0 Å². The largest absolute Gasteiger partial charge is 0.416 e. The molecule has 0 radical (unpaired) electrons. The quantitative estimate of drug-likeness (QED) is 0.872. The molecule has 1 N–H and O–H groups in total. The Hall–Kier alpha value is -1.97. The fourth-order valence-corrected chi connectivity index (χ4v) is 2.90. The molecule has 1 saturated heterocycles. The Kier molecular flexibility index (Phi) is 5.31. The summed E-state index contributed by atoms with van der Waals surface area (Å²) in [5, 5.41) is 13.8. The van der Waals surface area contributed by atoms with Gasteiger partial charge in [0.15, 0.2) is 5.82 Å². The third kappa shape index (κ3) is 4.05. The number of ether oxygens (including phenoxy) is 2. The molecule has 6 nitrogen and oxygen atoms in total. The second-order valence-electron chi connectivity index (χ2n) is 6.51. The molecule has 0 atom stereocenters. The first-order chi connectivity index (χ1) is 12.3. The Bertz CT molecular complexity index is 738. The number of halogens is 3. The molecule has 0 saturated carbocycles. The van der Waals surface area contributed by atoms with Crippen LogP contribution in [0.25, 0.3) is 0 Å². The molecule has 0 spiro atoms. The van der Waals surface area contributed by atoms with E-state index in [0.29, 0.717) is 43.3 Å². The zero-order valence-corrected chi connectivity index (χ0v) is 14.3. The highest BCUT2D eigenvalue weighted by molar-refractivity contribution is 5.26. The number of benzene rings is 1. The highest BCUT2D eigenvalue weighted by Gasteiger charge is 2.34. The molecule has 9 heteroatoms.